The minimum Gasteiger partial charge on any atom is -0.480 e. The zero-order chi connectivity index (χ0) is 15.5. The second-order valence-corrected chi connectivity index (χ2v) is 6.70. The van der Waals surface area contributed by atoms with E-state index in [1.54, 1.807) is 14.2 Å². The van der Waals surface area contributed by atoms with E-state index in [2.05, 4.69) is 17.1 Å². The fourth-order valence-corrected chi connectivity index (χ4v) is 3.82. The van der Waals surface area contributed by atoms with Crippen molar-refractivity contribution in [2.75, 3.05) is 27.3 Å². The van der Waals surface area contributed by atoms with Crippen molar-refractivity contribution in [3.63, 3.8) is 0 Å². The van der Waals surface area contributed by atoms with Crippen molar-refractivity contribution < 1.29 is 14.6 Å². The molecule has 0 aliphatic heterocycles. The average molecular weight is 298 g/mol. The van der Waals surface area contributed by atoms with E-state index < -0.39 is 11.5 Å². The van der Waals surface area contributed by atoms with Gasteiger partial charge in [-0.2, -0.15) is 0 Å². The number of carboxylic acid groups (broad SMARTS) is 1. The minimum absolute atomic E-state index is 0.341. The predicted octanol–water partition coefficient (Wildman–Crippen LogP) is 1.72. The first-order chi connectivity index (χ1) is 10.0. The van der Waals surface area contributed by atoms with E-state index in [-0.39, 0.29) is 0 Å². The summed E-state index contributed by atoms with van der Waals surface area (Å²) in [6.45, 7) is 3.91. The summed E-state index contributed by atoms with van der Waals surface area (Å²) in [5.41, 5.74) is -0.752. The van der Waals surface area contributed by atoms with Gasteiger partial charge in [0, 0.05) is 25.7 Å². The van der Waals surface area contributed by atoms with Gasteiger partial charge in [0.15, 0.2) is 0 Å². The number of hydrogen-bond donors (Lipinski definition) is 2. The second-order valence-electron chi connectivity index (χ2n) is 6.70. The van der Waals surface area contributed by atoms with Crippen LogP contribution in [0.15, 0.2) is 0 Å². The number of nitrogens with one attached hydrogen (secondary N) is 1. The summed E-state index contributed by atoms with van der Waals surface area (Å²) in [4.78, 5) is 14.2. The van der Waals surface area contributed by atoms with Crippen molar-refractivity contribution >= 4 is 5.97 Å². The quantitative estimate of drug-likeness (QED) is 0.714. The Morgan fingerprint density at radius 3 is 2.71 bits per heavy atom. The molecule has 2 N–H and O–H groups in total. The standard InChI is InChI=1S/C16H30N2O3/c1-12(13-6-7-13)18(9-10-21-3)14-5-4-8-16(11-14,17-2)15(19)20/h12-14,17H,4-11H2,1-3H3,(H,19,20). The van der Waals surface area contributed by atoms with Crippen molar-refractivity contribution in [2.24, 2.45) is 5.92 Å². The summed E-state index contributed by atoms with van der Waals surface area (Å²) in [6, 6.07) is 0.875. The number of ether oxygens (including phenoxy) is 1. The van der Waals surface area contributed by atoms with E-state index in [4.69, 9.17) is 4.74 Å². The van der Waals surface area contributed by atoms with Crippen LogP contribution in [0.25, 0.3) is 0 Å². The monoisotopic (exact) mass is 298 g/mol. The van der Waals surface area contributed by atoms with Gasteiger partial charge in [-0.1, -0.05) is 0 Å². The summed E-state index contributed by atoms with van der Waals surface area (Å²) >= 11 is 0. The van der Waals surface area contributed by atoms with Crippen molar-refractivity contribution in [1.29, 1.82) is 0 Å². The molecule has 0 aromatic rings. The van der Waals surface area contributed by atoms with Gasteiger partial charge in [0.1, 0.15) is 5.54 Å². The molecule has 0 aromatic heterocycles. The Kier molecular flexibility index (Phi) is 5.63. The highest BCUT2D eigenvalue weighted by Crippen LogP contribution is 2.39. The molecular formula is C16H30N2O3. The fourth-order valence-electron chi connectivity index (χ4n) is 3.82. The molecular weight excluding hydrogens is 268 g/mol. The first kappa shape index (κ1) is 16.7. The number of carboxylic acids is 1. The predicted molar refractivity (Wildman–Crippen MR) is 82.5 cm³/mol. The highest BCUT2D eigenvalue weighted by molar-refractivity contribution is 5.79. The van der Waals surface area contributed by atoms with Gasteiger partial charge in [-0.15, -0.1) is 0 Å². The molecule has 0 heterocycles. The maximum atomic E-state index is 11.7. The lowest BCUT2D eigenvalue weighted by molar-refractivity contribution is -0.147. The Morgan fingerprint density at radius 2 is 2.19 bits per heavy atom. The van der Waals surface area contributed by atoms with Crippen LogP contribution >= 0.6 is 0 Å². The molecule has 5 nitrogen and oxygen atoms in total. The van der Waals surface area contributed by atoms with Gasteiger partial charge in [0.25, 0.3) is 0 Å². The second kappa shape index (κ2) is 7.07. The number of methoxy groups -OCH3 is 1. The maximum absolute atomic E-state index is 11.7. The van der Waals surface area contributed by atoms with E-state index in [0.29, 0.717) is 25.1 Å². The smallest absolute Gasteiger partial charge is 0.323 e. The van der Waals surface area contributed by atoms with Gasteiger partial charge in [-0.3, -0.25) is 9.69 Å². The molecule has 2 fully saturated rings. The Labute approximate surface area is 128 Å². The third-order valence-corrected chi connectivity index (χ3v) is 5.46. The summed E-state index contributed by atoms with van der Waals surface area (Å²) in [5, 5.41) is 12.7. The Morgan fingerprint density at radius 1 is 1.48 bits per heavy atom. The molecule has 5 heteroatoms. The number of nitrogens with zero attached hydrogens (tertiary/aromatic N) is 1. The lowest BCUT2D eigenvalue weighted by Crippen LogP contribution is -2.58. The first-order valence-electron chi connectivity index (χ1n) is 8.21. The van der Waals surface area contributed by atoms with Gasteiger partial charge in [0.2, 0.25) is 0 Å². The average Bonchev–Trinajstić information content (AvgIpc) is 3.32. The van der Waals surface area contributed by atoms with Crippen molar-refractivity contribution in [1.82, 2.24) is 10.2 Å². The highest BCUT2D eigenvalue weighted by atomic mass is 16.5. The fraction of sp³-hybridized carbons (Fsp3) is 0.938. The lowest BCUT2D eigenvalue weighted by atomic mass is 9.78. The molecule has 3 unspecified atom stereocenters. The van der Waals surface area contributed by atoms with Crippen LogP contribution < -0.4 is 5.32 Å². The van der Waals surface area contributed by atoms with Crippen molar-refractivity contribution in [3.05, 3.63) is 0 Å². The highest BCUT2D eigenvalue weighted by Gasteiger charge is 2.45. The third-order valence-electron chi connectivity index (χ3n) is 5.46. The van der Waals surface area contributed by atoms with Gasteiger partial charge < -0.3 is 15.2 Å². The van der Waals surface area contributed by atoms with Crippen LogP contribution in [0.1, 0.15) is 45.4 Å². The molecule has 2 aliphatic rings. The first-order valence-corrected chi connectivity index (χ1v) is 8.21. The van der Waals surface area contributed by atoms with Crippen LogP contribution in [-0.2, 0) is 9.53 Å². The molecule has 0 spiro atoms. The molecule has 0 aromatic carbocycles. The molecule has 0 amide bonds. The zero-order valence-corrected chi connectivity index (χ0v) is 13.6. The number of carbonyl (C=O) groups is 1. The number of aliphatic carboxylic acids is 1. The van der Waals surface area contributed by atoms with Gasteiger partial charge in [0.05, 0.1) is 6.61 Å². The Hall–Kier alpha value is -0.650. The van der Waals surface area contributed by atoms with Crippen LogP contribution in [0.4, 0.5) is 0 Å². The van der Waals surface area contributed by atoms with Crippen LogP contribution in [-0.4, -0.2) is 60.9 Å². The summed E-state index contributed by atoms with van der Waals surface area (Å²) in [6.07, 6.45) is 6.11. The van der Waals surface area contributed by atoms with Crippen molar-refractivity contribution in [2.45, 2.75) is 63.1 Å². The Bertz CT molecular complexity index is 359. The van der Waals surface area contributed by atoms with E-state index in [0.717, 1.165) is 31.7 Å². The Balaban J connectivity index is 2.08. The lowest BCUT2D eigenvalue weighted by Gasteiger charge is -2.44. The van der Waals surface area contributed by atoms with E-state index in [9.17, 15) is 9.90 Å². The van der Waals surface area contributed by atoms with E-state index >= 15 is 0 Å². The summed E-state index contributed by atoms with van der Waals surface area (Å²) in [7, 11) is 3.51. The summed E-state index contributed by atoms with van der Waals surface area (Å²) in [5.74, 6) is 0.0815. The number of hydrogen-bond acceptors (Lipinski definition) is 4. The SMILES string of the molecule is CNC1(C(=O)O)CCCC(N(CCOC)C(C)C2CC2)C1. The maximum Gasteiger partial charge on any atom is 0.323 e. The molecule has 3 atom stereocenters. The third kappa shape index (κ3) is 3.76. The number of rotatable bonds is 8. The molecule has 2 rings (SSSR count). The molecule has 0 saturated heterocycles. The topological polar surface area (TPSA) is 61.8 Å². The van der Waals surface area contributed by atoms with Crippen LogP contribution in [0.3, 0.4) is 0 Å². The van der Waals surface area contributed by atoms with Gasteiger partial charge in [-0.25, -0.2) is 0 Å². The molecule has 0 radical (unpaired) electrons. The zero-order valence-electron chi connectivity index (χ0n) is 13.6. The van der Waals surface area contributed by atoms with Gasteiger partial charge in [-0.05, 0) is 58.4 Å². The molecule has 2 saturated carbocycles. The molecule has 2 aliphatic carbocycles. The van der Waals surface area contributed by atoms with Crippen molar-refractivity contribution in [3.8, 4) is 0 Å². The minimum atomic E-state index is -0.752. The van der Waals surface area contributed by atoms with E-state index in [1.807, 2.05) is 0 Å². The van der Waals surface area contributed by atoms with Crippen LogP contribution in [0.2, 0.25) is 0 Å². The van der Waals surface area contributed by atoms with Crippen LogP contribution in [0.5, 0.6) is 0 Å². The van der Waals surface area contributed by atoms with Gasteiger partial charge >= 0.3 is 5.97 Å². The van der Waals surface area contributed by atoms with Crippen LogP contribution in [0, 0.1) is 5.92 Å². The summed E-state index contributed by atoms with van der Waals surface area (Å²) < 4.78 is 5.27. The molecule has 0 bridgehead atoms. The largest absolute Gasteiger partial charge is 0.480 e. The normalized spacial score (nSPS) is 31.3. The van der Waals surface area contributed by atoms with E-state index in [1.165, 1.54) is 12.8 Å². The molecule has 122 valence electrons. The molecule has 21 heavy (non-hydrogen) atoms. The number of likely N-dealkylation sites (N-methyl/N-ethyl adjacent to an activating group) is 1.